The predicted octanol–water partition coefficient (Wildman–Crippen LogP) is 8.65. The van der Waals surface area contributed by atoms with Crippen molar-refractivity contribution in [3.05, 3.63) is 75.7 Å². The third-order valence-electron chi connectivity index (χ3n) is 6.54. The van der Waals surface area contributed by atoms with Crippen LogP contribution in [0.25, 0.3) is 5.83 Å². The molecule has 0 fully saturated rings. The van der Waals surface area contributed by atoms with Crippen LogP contribution in [0.3, 0.4) is 0 Å². The molecule has 0 N–H and O–H groups in total. The Balaban J connectivity index is 2.32. The van der Waals surface area contributed by atoms with Crippen LogP contribution in [0.15, 0.2) is 47.9 Å². The van der Waals surface area contributed by atoms with Crippen molar-refractivity contribution < 1.29 is 8.78 Å². The van der Waals surface area contributed by atoms with E-state index in [0.29, 0.717) is 5.56 Å². The molecule has 0 atom stereocenters. The van der Waals surface area contributed by atoms with E-state index in [1.165, 1.54) is 18.4 Å². The molecule has 0 saturated heterocycles. The van der Waals surface area contributed by atoms with Gasteiger partial charge in [0.25, 0.3) is 0 Å². The van der Waals surface area contributed by atoms with Crippen molar-refractivity contribution in [1.82, 2.24) is 0 Å². The molecule has 31 heavy (non-hydrogen) atoms. The number of unbranched alkanes of at least 4 members (excludes halogenated alkanes) is 1. The summed E-state index contributed by atoms with van der Waals surface area (Å²) in [6.45, 7) is 10.2. The molecular formula is C28H36F2Si. The second kappa shape index (κ2) is 12.0. The summed E-state index contributed by atoms with van der Waals surface area (Å²) in [5.41, 5.74) is 3.98. The average Bonchev–Trinajstić information content (AvgIpc) is 2.82. The lowest BCUT2D eigenvalue weighted by Crippen LogP contribution is -2.33. The fourth-order valence-corrected chi connectivity index (χ4v) is 7.04. The van der Waals surface area contributed by atoms with Gasteiger partial charge in [-0.3, -0.25) is 0 Å². The fraction of sp³-hybridized carbons (Fsp3) is 0.429. The van der Waals surface area contributed by atoms with Crippen molar-refractivity contribution in [1.29, 1.82) is 0 Å². The third kappa shape index (κ3) is 6.17. The first kappa shape index (κ1) is 25.1. The van der Waals surface area contributed by atoms with Gasteiger partial charge >= 0.3 is 0 Å². The molecule has 0 amide bonds. The number of hydrogen-bond donors (Lipinski definition) is 0. The zero-order valence-electron chi connectivity index (χ0n) is 19.7. The van der Waals surface area contributed by atoms with E-state index in [2.05, 4.69) is 43.0 Å². The number of rotatable bonds is 9. The topological polar surface area (TPSA) is 0 Å². The summed E-state index contributed by atoms with van der Waals surface area (Å²) in [5.74, 6) is 5.78. The van der Waals surface area contributed by atoms with Gasteiger partial charge in [0, 0.05) is 16.7 Å². The largest absolute Gasteiger partial charge is 0.214 e. The summed E-state index contributed by atoms with van der Waals surface area (Å²) in [6.07, 6.45) is 4.21. The highest BCUT2D eigenvalue weighted by atomic mass is 28.3. The molecule has 2 aromatic carbocycles. The summed E-state index contributed by atoms with van der Waals surface area (Å²) in [4.78, 5) is 0. The second-order valence-electron chi connectivity index (χ2n) is 8.24. The number of aryl methyl sites for hydroxylation is 2. The van der Waals surface area contributed by atoms with Crippen LogP contribution >= 0.6 is 0 Å². The van der Waals surface area contributed by atoms with E-state index in [4.69, 9.17) is 0 Å². The molecule has 166 valence electrons. The van der Waals surface area contributed by atoms with Crippen molar-refractivity contribution in [3.8, 4) is 11.8 Å². The number of halogens is 2. The van der Waals surface area contributed by atoms with Crippen LogP contribution in [0, 0.1) is 11.8 Å². The predicted molar refractivity (Wildman–Crippen MR) is 133 cm³/mol. The molecule has 2 rings (SSSR count). The molecule has 0 aromatic heterocycles. The summed E-state index contributed by atoms with van der Waals surface area (Å²) < 4.78 is 30.3. The number of hydrogen-bond acceptors (Lipinski definition) is 0. The van der Waals surface area contributed by atoms with Gasteiger partial charge in [0.1, 0.15) is 13.5 Å². The average molecular weight is 439 g/mol. The first-order chi connectivity index (χ1) is 14.9. The quantitative estimate of drug-likeness (QED) is 0.271. The second-order valence-corrected chi connectivity index (χ2v) is 13.4. The molecule has 0 saturated carbocycles. The molecule has 2 aromatic rings. The van der Waals surface area contributed by atoms with Crippen LogP contribution in [-0.2, 0) is 12.8 Å². The Morgan fingerprint density at radius 1 is 0.839 bits per heavy atom. The highest BCUT2D eigenvalue weighted by molar-refractivity contribution is 6.86. The normalized spacial score (nSPS) is 12.2. The first-order valence-corrected chi connectivity index (χ1v) is 14.4. The van der Waals surface area contributed by atoms with Gasteiger partial charge in [-0.05, 0) is 54.7 Å². The monoisotopic (exact) mass is 438 g/mol. The highest BCUT2D eigenvalue weighted by Crippen LogP contribution is 2.36. The van der Waals surface area contributed by atoms with Crippen LogP contribution in [0.1, 0.15) is 75.3 Å². The molecular weight excluding hydrogens is 402 g/mol. The molecule has 0 spiro atoms. The van der Waals surface area contributed by atoms with E-state index in [1.54, 1.807) is 12.1 Å². The molecule has 0 nitrogen and oxygen atoms in total. The van der Waals surface area contributed by atoms with Crippen molar-refractivity contribution in [2.45, 2.75) is 78.4 Å². The van der Waals surface area contributed by atoms with Crippen molar-refractivity contribution >= 4 is 13.9 Å². The summed E-state index contributed by atoms with van der Waals surface area (Å²) >= 11 is 0. The lowest BCUT2D eigenvalue weighted by molar-refractivity contribution is 0.635. The van der Waals surface area contributed by atoms with Gasteiger partial charge in [-0.15, -0.1) is 0 Å². The molecule has 0 aliphatic carbocycles. The SMILES string of the molecule is CCCCc1ccc(C#Cc2ccc(/C(F)=C(\F)[Si](CC)(CC)CC)cc2CC)cc1. The summed E-state index contributed by atoms with van der Waals surface area (Å²) in [5, 5.41) is 0. The molecule has 0 aliphatic heterocycles. The van der Waals surface area contributed by atoms with Crippen molar-refractivity contribution in [3.63, 3.8) is 0 Å². The van der Waals surface area contributed by atoms with E-state index in [9.17, 15) is 0 Å². The van der Waals surface area contributed by atoms with E-state index < -0.39 is 19.4 Å². The smallest absolute Gasteiger partial charge is 0.157 e. The minimum atomic E-state index is -2.37. The Hall–Kier alpha value is -2.18. The molecule has 0 bridgehead atoms. The van der Waals surface area contributed by atoms with Crippen LogP contribution < -0.4 is 0 Å². The highest BCUT2D eigenvalue weighted by Gasteiger charge is 2.35. The summed E-state index contributed by atoms with van der Waals surface area (Å²) in [6, 6.07) is 15.8. The molecule has 0 radical (unpaired) electrons. The maximum Gasteiger partial charge on any atom is 0.157 e. The Kier molecular flexibility index (Phi) is 9.71. The first-order valence-electron chi connectivity index (χ1n) is 11.7. The minimum absolute atomic E-state index is 0.340. The zero-order valence-corrected chi connectivity index (χ0v) is 20.7. The maximum atomic E-state index is 15.2. The Morgan fingerprint density at radius 3 is 2.03 bits per heavy atom. The van der Waals surface area contributed by atoms with Crippen molar-refractivity contribution in [2.75, 3.05) is 0 Å². The van der Waals surface area contributed by atoms with E-state index in [-0.39, 0.29) is 0 Å². The summed E-state index contributed by atoms with van der Waals surface area (Å²) in [7, 11) is -2.37. The van der Waals surface area contributed by atoms with E-state index in [1.807, 2.05) is 33.8 Å². The van der Waals surface area contributed by atoms with Crippen LogP contribution in [0.2, 0.25) is 18.1 Å². The third-order valence-corrected chi connectivity index (χ3v) is 11.8. The van der Waals surface area contributed by atoms with Gasteiger partial charge in [-0.1, -0.05) is 89.2 Å². The van der Waals surface area contributed by atoms with Crippen LogP contribution in [-0.4, -0.2) is 8.07 Å². The minimum Gasteiger partial charge on any atom is -0.214 e. The van der Waals surface area contributed by atoms with Gasteiger partial charge < -0.3 is 0 Å². The standard InChI is InChI=1S/C28H36F2Si/c1-6-11-12-22-13-15-23(16-14-22)17-18-25-19-20-26(21-24(25)7-2)27(29)28(30)31(8-3,9-4)10-5/h13-16,19-21H,6-12H2,1-5H3/b28-27-. The fourth-order valence-electron chi connectivity index (χ4n) is 3.99. The van der Waals surface area contributed by atoms with Gasteiger partial charge in [-0.25, -0.2) is 8.78 Å². The van der Waals surface area contributed by atoms with Gasteiger partial charge in [0.2, 0.25) is 0 Å². The molecule has 3 heteroatoms. The van der Waals surface area contributed by atoms with E-state index >= 15 is 8.78 Å². The Bertz CT molecular complexity index is 933. The molecule has 0 heterocycles. The van der Waals surface area contributed by atoms with Crippen LogP contribution in [0.5, 0.6) is 0 Å². The Labute approximate surface area is 188 Å². The molecule has 0 aliphatic rings. The van der Waals surface area contributed by atoms with Crippen LogP contribution in [0.4, 0.5) is 8.78 Å². The van der Waals surface area contributed by atoms with Gasteiger partial charge in [0.05, 0.1) is 0 Å². The van der Waals surface area contributed by atoms with E-state index in [0.717, 1.165) is 47.7 Å². The van der Waals surface area contributed by atoms with Gasteiger partial charge in [0.15, 0.2) is 5.83 Å². The molecule has 0 unspecified atom stereocenters. The zero-order chi connectivity index (χ0) is 22.9. The Morgan fingerprint density at radius 2 is 1.48 bits per heavy atom. The lowest BCUT2D eigenvalue weighted by Gasteiger charge is -2.26. The van der Waals surface area contributed by atoms with Crippen molar-refractivity contribution in [2.24, 2.45) is 0 Å². The number of benzene rings is 2. The lowest BCUT2D eigenvalue weighted by atomic mass is 10.0. The van der Waals surface area contributed by atoms with Gasteiger partial charge in [-0.2, -0.15) is 0 Å². The maximum absolute atomic E-state index is 15.2.